The van der Waals surface area contributed by atoms with Gasteiger partial charge in [0.2, 0.25) is 0 Å². The molecule has 0 heterocycles. The lowest BCUT2D eigenvalue weighted by atomic mass is 11.9. The largest absolute Gasteiger partial charge is 0.269 e. The molecule has 0 aromatic carbocycles. The Kier molecular flexibility index (Phi) is 97.1. The van der Waals surface area contributed by atoms with Crippen molar-refractivity contribution in [1.82, 2.24) is 0 Å². The van der Waals surface area contributed by atoms with Crippen LogP contribution in [0.4, 0.5) is 4.70 Å². The monoisotopic (exact) mass is 112 g/mol. The Morgan fingerprint density at radius 3 is 1.20 bits per heavy atom. The summed E-state index contributed by atoms with van der Waals surface area (Å²) in [6.45, 7) is 4.53. The molecular weight excluding hydrogens is 99.2 g/mol. The van der Waals surface area contributed by atoms with Crippen LogP contribution in [0.5, 0.6) is 0 Å². The average molecular weight is 112 g/mol. The van der Waals surface area contributed by atoms with Crippen molar-refractivity contribution in [3.05, 3.63) is 0 Å². The van der Waals surface area contributed by atoms with Gasteiger partial charge >= 0.3 is 0 Å². The highest BCUT2D eigenvalue weighted by Crippen LogP contribution is 1.36. The van der Waals surface area contributed by atoms with E-state index in [1.807, 2.05) is 0 Å². The minimum atomic E-state index is 0. The van der Waals surface area contributed by atoms with Crippen molar-refractivity contribution >= 4 is 20.5 Å². The van der Waals surface area contributed by atoms with Gasteiger partial charge in [0.1, 0.15) is 0 Å². The first-order valence-electron chi connectivity index (χ1n) is 1.41. The van der Waals surface area contributed by atoms with Crippen LogP contribution in [0.15, 0.2) is 0 Å². The Bertz CT molecular complexity index is 7.61. The summed E-state index contributed by atoms with van der Waals surface area (Å²) in [5.74, 6) is 0. The zero-order valence-corrected chi connectivity index (χ0v) is 4.53. The second-order valence-corrected chi connectivity index (χ2v) is 2.12. The van der Waals surface area contributed by atoms with Crippen molar-refractivity contribution in [2.45, 2.75) is 13.1 Å². The standard InChI is InChI=1S/C2H8Si.FH.H4Si/c1-3-2;;/h3H2,1-2H3;1H;1H4. The van der Waals surface area contributed by atoms with Gasteiger partial charge in [0.15, 0.2) is 0 Å². The van der Waals surface area contributed by atoms with Crippen LogP contribution in [0.3, 0.4) is 0 Å². The molecule has 0 aliphatic heterocycles. The molecule has 0 rings (SSSR count). The SMILES string of the molecule is C[SiH2]C.F.[SiH4]. The third-order valence-corrected chi connectivity index (χ3v) is 0. The molecule has 0 saturated carbocycles. The van der Waals surface area contributed by atoms with Gasteiger partial charge in [-0.05, 0) is 11.0 Å². The summed E-state index contributed by atoms with van der Waals surface area (Å²) < 4.78 is 0. The third kappa shape index (κ3) is 184. The molecule has 0 radical (unpaired) electrons. The Hall–Kier alpha value is 0.364. The fraction of sp³-hybridized carbons (Fsp3) is 1.00. The molecule has 0 aromatic heterocycles. The van der Waals surface area contributed by atoms with Crippen molar-refractivity contribution in [2.24, 2.45) is 0 Å². The van der Waals surface area contributed by atoms with Crippen molar-refractivity contribution in [1.29, 1.82) is 0 Å². The molecular formula is C2H13FSi2. The first-order chi connectivity index (χ1) is 1.41. The van der Waals surface area contributed by atoms with E-state index < -0.39 is 0 Å². The Balaban J connectivity index is -0.0000000200. The normalized spacial score (nSPS) is 3.60. The Morgan fingerprint density at radius 1 is 1.20 bits per heavy atom. The van der Waals surface area contributed by atoms with Crippen LogP contribution in [-0.2, 0) is 0 Å². The van der Waals surface area contributed by atoms with E-state index >= 15 is 0 Å². The van der Waals surface area contributed by atoms with Crippen molar-refractivity contribution in [3.8, 4) is 0 Å². The van der Waals surface area contributed by atoms with Crippen LogP contribution < -0.4 is 0 Å². The molecule has 0 saturated heterocycles. The predicted molar refractivity (Wildman–Crippen MR) is 34.1 cm³/mol. The Morgan fingerprint density at radius 2 is 1.20 bits per heavy atom. The molecule has 0 aliphatic rings. The molecule has 3 heteroatoms. The molecule has 5 heavy (non-hydrogen) atoms. The van der Waals surface area contributed by atoms with Crippen molar-refractivity contribution in [3.63, 3.8) is 0 Å². The number of hydrogen-bond acceptors (Lipinski definition) is 0. The lowest BCUT2D eigenvalue weighted by Gasteiger charge is -1.45. The smallest absolute Gasteiger partial charge is 0.0135 e. The summed E-state index contributed by atoms with van der Waals surface area (Å²) in [7, 11) is 0.417. The van der Waals surface area contributed by atoms with Crippen LogP contribution in [0, 0.1) is 0 Å². The van der Waals surface area contributed by atoms with E-state index in [9.17, 15) is 0 Å². The van der Waals surface area contributed by atoms with Crippen LogP contribution in [-0.4, -0.2) is 20.5 Å². The maximum absolute atomic E-state index is 2.26. The fourth-order valence-electron chi connectivity index (χ4n) is 0. The maximum atomic E-state index is 2.26. The zero-order chi connectivity index (χ0) is 2.71. The van der Waals surface area contributed by atoms with Gasteiger partial charge in [-0.3, -0.25) is 4.70 Å². The van der Waals surface area contributed by atoms with Gasteiger partial charge in [0, 0.05) is 9.52 Å². The summed E-state index contributed by atoms with van der Waals surface area (Å²) >= 11 is 0. The second kappa shape index (κ2) is 26.5. The first kappa shape index (κ1) is 18.3. The van der Waals surface area contributed by atoms with Crippen LogP contribution in [0.2, 0.25) is 13.1 Å². The quantitative estimate of drug-likeness (QED) is 0.351. The summed E-state index contributed by atoms with van der Waals surface area (Å²) in [4.78, 5) is 0. The topological polar surface area (TPSA) is 0 Å². The number of hydrogen-bond donors (Lipinski definition) is 0. The molecule has 0 aromatic rings. The first-order valence-corrected chi connectivity index (χ1v) is 4.24. The molecule has 0 nitrogen and oxygen atoms in total. The lowest BCUT2D eigenvalue weighted by molar-refractivity contribution is 1.11. The van der Waals surface area contributed by atoms with Gasteiger partial charge in [-0.25, -0.2) is 0 Å². The van der Waals surface area contributed by atoms with Gasteiger partial charge in [0.05, 0.1) is 0 Å². The zero-order valence-electron chi connectivity index (χ0n) is 3.12. The summed E-state index contributed by atoms with van der Waals surface area (Å²) in [6.07, 6.45) is 0. The van der Waals surface area contributed by atoms with Gasteiger partial charge in [-0.2, -0.15) is 0 Å². The van der Waals surface area contributed by atoms with Gasteiger partial charge in [-0.15, -0.1) is 0 Å². The molecule has 36 valence electrons. The fourth-order valence-corrected chi connectivity index (χ4v) is 0. The van der Waals surface area contributed by atoms with E-state index in [4.69, 9.17) is 0 Å². The van der Waals surface area contributed by atoms with Crippen LogP contribution in [0.25, 0.3) is 0 Å². The molecule has 0 amide bonds. The maximum Gasteiger partial charge on any atom is 0.0135 e. The van der Waals surface area contributed by atoms with E-state index in [0.29, 0.717) is 9.52 Å². The van der Waals surface area contributed by atoms with Crippen molar-refractivity contribution < 1.29 is 4.70 Å². The number of halogens is 1. The average Bonchev–Trinajstić information content (AvgIpc) is 0.918. The van der Waals surface area contributed by atoms with Gasteiger partial charge in [-0.1, -0.05) is 13.1 Å². The highest BCUT2D eigenvalue weighted by atomic mass is 28.2. The van der Waals surface area contributed by atoms with Gasteiger partial charge in [0.25, 0.3) is 0 Å². The van der Waals surface area contributed by atoms with Gasteiger partial charge < -0.3 is 0 Å². The Labute approximate surface area is 39.2 Å². The highest BCUT2D eigenvalue weighted by molar-refractivity contribution is 6.31. The third-order valence-electron chi connectivity index (χ3n) is 0. The van der Waals surface area contributed by atoms with E-state index in [-0.39, 0.29) is 15.7 Å². The molecule has 0 atom stereocenters. The summed E-state index contributed by atoms with van der Waals surface area (Å²) in [5, 5.41) is 0. The summed E-state index contributed by atoms with van der Waals surface area (Å²) in [6, 6.07) is 0. The molecule has 0 bridgehead atoms. The molecule has 0 unspecified atom stereocenters. The van der Waals surface area contributed by atoms with Crippen LogP contribution >= 0.6 is 0 Å². The summed E-state index contributed by atoms with van der Waals surface area (Å²) in [5.41, 5.74) is 0. The second-order valence-electron chi connectivity index (χ2n) is 0.707. The van der Waals surface area contributed by atoms with Crippen LogP contribution in [0.1, 0.15) is 0 Å². The molecule has 0 fully saturated rings. The minimum absolute atomic E-state index is 0. The highest BCUT2D eigenvalue weighted by Gasteiger charge is 1.38. The predicted octanol–water partition coefficient (Wildman–Crippen LogP) is -1.05. The molecule has 0 aliphatic carbocycles. The minimum Gasteiger partial charge on any atom is -0.269 e. The van der Waals surface area contributed by atoms with E-state index in [0.717, 1.165) is 0 Å². The van der Waals surface area contributed by atoms with Crippen molar-refractivity contribution in [2.75, 3.05) is 0 Å². The molecule has 0 spiro atoms. The van der Waals surface area contributed by atoms with E-state index in [1.165, 1.54) is 0 Å². The lowest BCUT2D eigenvalue weighted by Crippen LogP contribution is -1.53. The molecule has 0 N–H and O–H groups in total. The van der Waals surface area contributed by atoms with E-state index in [1.54, 1.807) is 0 Å². The number of rotatable bonds is 0. The van der Waals surface area contributed by atoms with E-state index in [2.05, 4.69) is 13.1 Å².